The second-order valence-corrected chi connectivity index (χ2v) is 5.30. The lowest BCUT2D eigenvalue weighted by molar-refractivity contribution is 0.277. The number of nitrogens with zero attached hydrogens (tertiary/aromatic N) is 3. The van der Waals surface area contributed by atoms with Crippen LogP contribution in [0.4, 0.5) is 0 Å². The largest absolute Gasteiger partial charge is 0.339 e. The van der Waals surface area contributed by atoms with Crippen LogP contribution in [-0.2, 0) is 6.42 Å². The molecule has 0 radical (unpaired) electrons. The van der Waals surface area contributed by atoms with Gasteiger partial charge in [-0.3, -0.25) is 0 Å². The van der Waals surface area contributed by atoms with Gasteiger partial charge < -0.3 is 15.2 Å². The van der Waals surface area contributed by atoms with Crippen LogP contribution in [0.25, 0.3) is 0 Å². The van der Waals surface area contributed by atoms with Gasteiger partial charge in [-0.25, -0.2) is 0 Å². The van der Waals surface area contributed by atoms with Gasteiger partial charge in [-0.2, -0.15) is 4.98 Å². The van der Waals surface area contributed by atoms with Gasteiger partial charge in [-0.05, 0) is 25.6 Å². The molecule has 21 heavy (non-hydrogen) atoms. The van der Waals surface area contributed by atoms with E-state index in [0.29, 0.717) is 18.1 Å². The summed E-state index contributed by atoms with van der Waals surface area (Å²) in [7, 11) is 0. The van der Waals surface area contributed by atoms with Crippen molar-refractivity contribution in [3.8, 4) is 0 Å². The Labute approximate surface area is 126 Å². The average Bonchev–Trinajstić information content (AvgIpc) is 2.95. The maximum absolute atomic E-state index is 6.15. The molecule has 1 heterocycles. The smallest absolute Gasteiger partial charge is 0.231 e. The molecule has 2 rings (SSSR count). The predicted molar refractivity (Wildman–Crippen MR) is 83.0 cm³/mol. The predicted octanol–water partition coefficient (Wildman–Crippen LogP) is 2.31. The molecule has 1 atom stereocenters. The van der Waals surface area contributed by atoms with Crippen LogP contribution >= 0.6 is 0 Å². The molecule has 114 valence electrons. The fourth-order valence-electron chi connectivity index (χ4n) is 2.21. The Morgan fingerprint density at radius 3 is 2.48 bits per heavy atom. The lowest BCUT2D eigenvalue weighted by Crippen LogP contribution is -2.32. The highest BCUT2D eigenvalue weighted by atomic mass is 16.5. The van der Waals surface area contributed by atoms with Gasteiger partial charge in [0.15, 0.2) is 5.82 Å². The van der Waals surface area contributed by atoms with Crippen molar-refractivity contribution in [2.75, 3.05) is 19.6 Å². The Hall–Kier alpha value is -1.72. The number of hydrogen-bond acceptors (Lipinski definition) is 5. The van der Waals surface area contributed by atoms with Crippen LogP contribution in [0, 0.1) is 6.92 Å². The molecule has 1 aromatic carbocycles. The summed E-state index contributed by atoms with van der Waals surface area (Å²) in [5, 5.41) is 4.01. The molecular formula is C16H24N4O. The zero-order valence-corrected chi connectivity index (χ0v) is 13.0. The third kappa shape index (κ3) is 4.37. The van der Waals surface area contributed by atoms with Crippen molar-refractivity contribution in [1.82, 2.24) is 15.0 Å². The second-order valence-electron chi connectivity index (χ2n) is 5.30. The van der Waals surface area contributed by atoms with E-state index in [9.17, 15) is 0 Å². The maximum atomic E-state index is 6.15. The summed E-state index contributed by atoms with van der Waals surface area (Å²) in [5.74, 6) is 1.20. The van der Waals surface area contributed by atoms with Gasteiger partial charge in [0, 0.05) is 6.54 Å². The molecule has 0 saturated carbocycles. The zero-order valence-electron chi connectivity index (χ0n) is 13.0. The third-order valence-electron chi connectivity index (χ3n) is 3.64. The molecule has 0 spiro atoms. The number of aryl methyl sites for hydroxylation is 1. The normalized spacial score (nSPS) is 12.8. The minimum atomic E-state index is -0.208. The quantitative estimate of drug-likeness (QED) is 0.846. The van der Waals surface area contributed by atoms with Crippen molar-refractivity contribution in [2.45, 2.75) is 33.2 Å². The van der Waals surface area contributed by atoms with E-state index in [0.717, 1.165) is 25.2 Å². The summed E-state index contributed by atoms with van der Waals surface area (Å²) in [6.45, 7) is 9.00. The summed E-state index contributed by atoms with van der Waals surface area (Å²) < 4.78 is 5.31. The topological polar surface area (TPSA) is 68.2 Å². The standard InChI is InChI=1S/C16H24N4O/c1-4-20(5-2)11-14(17)16-18-15(21-19-16)10-13-8-6-12(3)7-9-13/h6-9,14H,4-5,10-11,17H2,1-3H3. The lowest BCUT2D eigenvalue weighted by atomic mass is 10.1. The average molecular weight is 288 g/mol. The first-order valence-electron chi connectivity index (χ1n) is 7.48. The van der Waals surface area contributed by atoms with Crippen LogP contribution in [0.15, 0.2) is 28.8 Å². The van der Waals surface area contributed by atoms with E-state index in [1.807, 2.05) is 0 Å². The van der Waals surface area contributed by atoms with E-state index in [4.69, 9.17) is 10.3 Å². The molecule has 0 aliphatic heterocycles. The van der Waals surface area contributed by atoms with Gasteiger partial charge in [-0.15, -0.1) is 0 Å². The van der Waals surface area contributed by atoms with Crippen molar-refractivity contribution in [3.05, 3.63) is 47.1 Å². The van der Waals surface area contributed by atoms with Crippen molar-refractivity contribution >= 4 is 0 Å². The number of aromatic nitrogens is 2. The summed E-state index contributed by atoms with van der Waals surface area (Å²) in [6.07, 6.45) is 0.644. The van der Waals surface area contributed by atoms with Crippen LogP contribution in [0.5, 0.6) is 0 Å². The van der Waals surface area contributed by atoms with Crippen molar-refractivity contribution in [2.24, 2.45) is 5.73 Å². The van der Waals surface area contributed by atoms with Crippen molar-refractivity contribution in [3.63, 3.8) is 0 Å². The molecule has 0 aliphatic rings. The monoisotopic (exact) mass is 288 g/mol. The zero-order chi connectivity index (χ0) is 15.2. The first-order chi connectivity index (χ1) is 10.1. The number of likely N-dealkylation sites (N-methyl/N-ethyl adjacent to an activating group) is 1. The molecule has 0 bridgehead atoms. The molecule has 2 aromatic rings. The van der Waals surface area contributed by atoms with Gasteiger partial charge in [0.2, 0.25) is 5.89 Å². The number of nitrogens with two attached hydrogens (primary N) is 1. The molecule has 1 aromatic heterocycles. The molecule has 0 saturated heterocycles. The van der Waals surface area contributed by atoms with E-state index < -0.39 is 0 Å². The summed E-state index contributed by atoms with van der Waals surface area (Å²) in [5.41, 5.74) is 8.55. The maximum Gasteiger partial charge on any atom is 0.231 e. The molecule has 5 nitrogen and oxygen atoms in total. The van der Waals surface area contributed by atoms with Gasteiger partial charge >= 0.3 is 0 Å². The fourth-order valence-corrected chi connectivity index (χ4v) is 2.21. The Balaban J connectivity index is 1.98. The van der Waals surface area contributed by atoms with E-state index in [-0.39, 0.29) is 6.04 Å². The highest BCUT2D eigenvalue weighted by molar-refractivity contribution is 5.23. The van der Waals surface area contributed by atoms with Gasteiger partial charge in [-0.1, -0.05) is 48.8 Å². The fraction of sp³-hybridized carbons (Fsp3) is 0.500. The van der Waals surface area contributed by atoms with Gasteiger partial charge in [0.05, 0.1) is 12.5 Å². The summed E-state index contributed by atoms with van der Waals surface area (Å²) in [6, 6.07) is 8.11. The SMILES string of the molecule is CCN(CC)CC(N)c1noc(Cc2ccc(C)cc2)n1. The first kappa shape index (κ1) is 15.7. The highest BCUT2D eigenvalue weighted by Gasteiger charge is 2.16. The molecule has 1 unspecified atom stereocenters. The molecule has 0 aliphatic carbocycles. The van der Waals surface area contributed by atoms with E-state index in [1.165, 1.54) is 5.56 Å². The lowest BCUT2D eigenvalue weighted by Gasteiger charge is -2.20. The minimum absolute atomic E-state index is 0.208. The molecular weight excluding hydrogens is 264 g/mol. The van der Waals surface area contributed by atoms with Gasteiger partial charge in [0.1, 0.15) is 0 Å². The number of benzene rings is 1. The van der Waals surface area contributed by atoms with Crippen molar-refractivity contribution in [1.29, 1.82) is 0 Å². The Morgan fingerprint density at radius 1 is 1.19 bits per heavy atom. The van der Waals surface area contributed by atoms with E-state index >= 15 is 0 Å². The van der Waals surface area contributed by atoms with Crippen LogP contribution < -0.4 is 5.73 Å². The van der Waals surface area contributed by atoms with Crippen LogP contribution in [-0.4, -0.2) is 34.7 Å². The Morgan fingerprint density at radius 2 is 1.86 bits per heavy atom. The molecule has 0 fully saturated rings. The Bertz CT molecular complexity index is 546. The van der Waals surface area contributed by atoms with E-state index in [1.54, 1.807) is 0 Å². The molecule has 5 heteroatoms. The molecule has 0 amide bonds. The third-order valence-corrected chi connectivity index (χ3v) is 3.64. The first-order valence-corrected chi connectivity index (χ1v) is 7.48. The van der Waals surface area contributed by atoms with E-state index in [2.05, 4.69) is 60.1 Å². The van der Waals surface area contributed by atoms with Crippen LogP contribution in [0.1, 0.15) is 42.7 Å². The van der Waals surface area contributed by atoms with Crippen LogP contribution in [0.3, 0.4) is 0 Å². The highest BCUT2D eigenvalue weighted by Crippen LogP contribution is 2.12. The number of rotatable bonds is 7. The second kappa shape index (κ2) is 7.33. The summed E-state index contributed by atoms with van der Waals surface area (Å²) >= 11 is 0. The van der Waals surface area contributed by atoms with Gasteiger partial charge in [0.25, 0.3) is 0 Å². The number of hydrogen-bond donors (Lipinski definition) is 1. The van der Waals surface area contributed by atoms with Crippen LogP contribution in [0.2, 0.25) is 0 Å². The summed E-state index contributed by atoms with van der Waals surface area (Å²) in [4.78, 5) is 6.67. The Kier molecular flexibility index (Phi) is 5.47. The minimum Gasteiger partial charge on any atom is -0.339 e. The van der Waals surface area contributed by atoms with Crippen molar-refractivity contribution < 1.29 is 4.52 Å². The molecule has 2 N–H and O–H groups in total.